The predicted molar refractivity (Wildman–Crippen MR) is 73.3 cm³/mol. The highest BCUT2D eigenvalue weighted by Crippen LogP contribution is 2.18. The molecule has 0 radical (unpaired) electrons. The molecule has 1 atom stereocenters. The minimum Gasteiger partial charge on any atom is -0.481 e. The molecule has 0 saturated heterocycles. The average Bonchev–Trinajstić information content (AvgIpc) is 2.38. The molecule has 0 spiro atoms. The highest BCUT2D eigenvalue weighted by atomic mass is 19.1. The number of hydrogen-bond donors (Lipinski definition) is 2. The van der Waals surface area contributed by atoms with E-state index in [1.54, 1.807) is 6.07 Å². The van der Waals surface area contributed by atoms with Crippen molar-refractivity contribution in [3.63, 3.8) is 0 Å². The number of halogens is 1. The van der Waals surface area contributed by atoms with Gasteiger partial charge in [-0.1, -0.05) is 19.4 Å². The molecule has 0 fully saturated rings. The van der Waals surface area contributed by atoms with E-state index in [4.69, 9.17) is 10.8 Å². The zero-order chi connectivity index (χ0) is 14.3. The van der Waals surface area contributed by atoms with E-state index in [2.05, 4.69) is 6.92 Å². The second kappa shape index (κ2) is 7.89. The molecule has 19 heavy (non-hydrogen) atoms. The molecule has 0 aliphatic rings. The highest BCUT2D eigenvalue weighted by molar-refractivity contribution is 5.66. The minimum absolute atomic E-state index is 0.228. The Kier molecular flexibility index (Phi) is 6.50. The number of rotatable bonds is 8. The summed E-state index contributed by atoms with van der Waals surface area (Å²) in [5.41, 5.74) is 7.55. The number of carboxylic acid groups (broad SMARTS) is 1. The maximum absolute atomic E-state index is 13.0. The van der Waals surface area contributed by atoms with Gasteiger partial charge in [-0.15, -0.1) is 0 Å². The Morgan fingerprint density at radius 2 is 2.11 bits per heavy atom. The number of carboxylic acids is 1. The molecule has 1 unspecified atom stereocenters. The summed E-state index contributed by atoms with van der Waals surface area (Å²) in [5.74, 6) is -0.590. The van der Waals surface area contributed by atoms with E-state index >= 15 is 0 Å². The van der Waals surface area contributed by atoms with Crippen LogP contribution in [0.2, 0.25) is 0 Å². The molecule has 1 aromatic carbocycles. The number of nitrogens with two attached hydrogens (primary N) is 1. The van der Waals surface area contributed by atoms with E-state index in [1.165, 1.54) is 12.1 Å². The monoisotopic (exact) mass is 267 g/mol. The molecule has 0 aliphatic heterocycles. The number of hydrogen-bond acceptors (Lipinski definition) is 2. The molecule has 0 heterocycles. The van der Waals surface area contributed by atoms with Gasteiger partial charge in [0, 0.05) is 13.0 Å². The van der Waals surface area contributed by atoms with Crippen LogP contribution in [0, 0.1) is 11.7 Å². The Hall–Kier alpha value is -1.42. The molecule has 106 valence electrons. The molecule has 3 N–H and O–H groups in total. The zero-order valence-corrected chi connectivity index (χ0v) is 11.4. The summed E-state index contributed by atoms with van der Waals surface area (Å²) in [6, 6.07) is 4.74. The summed E-state index contributed by atoms with van der Waals surface area (Å²) >= 11 is 0. The van der Waals surface area contributed by atoms with Crippen LogP contribution in [0.15, 0.2) is 18.2 Å². The van der Waals surface area contributed by atoms with Crippen molar-refractivity contribution in [2.24, 2.45) is 11.7 Å². The van der Waals surface area contributed by atoms with Crippen molar-refractivity contribution >= 4 is 5.97 Å². The van der Waals surface area contributed by atoms with Gasteiger partial charge < -0.3 is 10.8 Å². The van der Waals surface area contributed by atoms with Crippen LogP contribution in [-0.2, 0) is 17.8 Å². The molecular weight excluding hydrogens is 245 g/mol. The lowest BCUT2D eigenvalue weighted by atomic mass is 9.95. The van der Waals surface area contributed by atoms with Crippen molar-refractivity contribution in [1.82, 2.24) is 0 Å². The van der Waals surface area contributed by atoms with Crippen LogP contribution in [0.1, 0.15) is 43.7 Å². The topological polar surface area (TPSA) is 63.3 Å². The van der Waals surface area contributed by atoms with Crippen molar-refractivity contribution in [3.05, 3.63) is 35.1 Å². The first-order chi connectivity index (χ1) is 9.02. The zero-order valence-electron chi connectivity index (χ0n) is 11.4. The average molecular weight is 267 g/mol. The van der Waals surface area contributed by atoms with Gasteiger partial charge in [0.1, 0.15) is 5.82 Å². The van der Waals surface area contributed by atoms with Crippen molar-refractivity contribution in [2.75, 3.05) is 0 Å². The number of aliphatic carboxylic acids is 1. The van der Waals surface area contributed by atoms with Crippen LogP contribution in [0.25, 0.3) is 0 Å². The summed E-state index contributed by atoms with van der Waals surface area (Å²) in [6.07, 6.45) is 3.76. The Labute approximate surface area is 113 Å². The SMILES string of the molecule is CC(CCCc1ccc(F)cc1CN)CCC(=O)O. The Balaban J connectivity index is 2.38. The van der Waals surface area contributed by atoms with E-state index in [9.17, 15) is 9.18 Å². The molecule has 3 nitrogen and oxygen atoms in total. The first-order valence-corrected chi connectivity index (χ1v) is 6.72. The smallest absolute Gasteiger partial charge is 0.303 e. The van der Waals surface area contributed by atoms with Crippen LogP contribution >= 0.6 is 0 Å². The third-order valence-electron chi connectivity index (χ3n) is 3.38. The third kappa shape index (κ3) is 5.83. The van der Waals surface area contributed by atoms with Crippen molar-refractivity contribution in [2.45, 2.75) is 45.6 Å². The van der Waals surface area contributed by atoms with E-state index < -0.39 is 5.97 Å². The van der Waals surface area contributed by atoms with Gasteiger partial charge in [0.15, 0.2) is 0 Å². The summed E-state index contributed by atoms with van der Waals surface area (Å²) < 4.78 is 13.0. The molecular formula is C15H22FNO2. The van der Waals surface area contributed by atoms with E-state index in [1.807, 2.05) is 0 Å². The molecule has 0 aromatic heterocycles. The van der Waals surface area contributed by atoms with Crippen LogP contribution < -0.4 is 5.73 Å². The van der Waals surface area contributed by atoms with E-state index in [0.29, 0.717) is 18.9 Å². The quantitative estimate of drug-likeness (QED) is 0.760. The Morgan fingerprint density at radius 1 is 1.37 bits per heavy atom. The van der Waals surface area contributed by atoms with Gasteiger partial charge in [-0.05, 0) is 48.4 Å². The van der Waals surface area contributed by atoms with Gasteiger partial charge in [0.05, 0.1) is 0 Å². The summed E-state index contributed by atoms with van der Waals surface area (Å²) in [4.78, 5) is 10.5. The van der Waals surface area contributed by atoms with Gasteiger partial charge in [-0.25, -0.2) is 4.39 Å². The van der Waals surface area contributed by atoms with Gasteiger partial charge in [0.25, 0.3) is 0 Å². The molecule has 1 aromatic rings. The van der Waals surface area contributed by atoms with Crippen molar-refractivity contribution < 1.29 is 14.3 Å². The van der Waals surface area contributed by atoms with E-state index in [0.717, 1.165) is 30.4 Å². The largest absolute Gasteiger partial charge is 0.481 e. The molecule has 1 rings (SSSR count). The number of aryl methyl sites for hydroxylation is 1. The van der Waals surface area contributed by atoms with Crippen LogP contribution in [0.3, 0.4) is 0 Å². The first-order valence-electron chi connectivity index (χ1n) is 6.72. The molecule has 0 bridgehead atoms. The summed E-state index contributed by atoms with van der Waals surface area (Å²) in [6.45, 7) is 2.42. The lowest BCUT2D eigenvalue weighted by molar-refractivity contribution is -0.137. The maximum Gasteiger partial charge on any atom is 0.303 e. The van der Waals surface area contributed by atoms with Gasteiger partial charge in [-0.3, -0.25) is 4.79 Å². The fourth-order valence-corrected chi connectivity index (χ4v) is 2.18. The van der Waals surface area contributed by atoms with Gasteiger partial charge in [-0.2, -0.15) is 0 Å². The minimum atomic E-state index is -0.740. The van der Waals surface area contributed by atoms with Crippen molar-refractivity contribution in [3.8, 4) is 0 Å². The number of benzene rings is 1. The van der Waals surface area contributed by atoms with Crippen molar-refractivity contribution in [1.29, 1.82) is 0 Å². The first kappa shape index (κ1) is 15.6. The summed E-state index contributed by atoms with van der Waals surface area (Å²) in [7, 11) is 0. The normalized spacial score (nSPS) is 12.4. The highest BCUT2D eigenvalue weighted by Gasteiger charge is 2.07. The standard InChI is InChI=1S/C15H22FNO2/c1-11(5-8-15(18)19)3-2-4-12-6-7-14(16)9-13(12)10-17/h6-7,9,11H,2-5,8,10,17H2,1H3,(H,18,19). The van der Waals surface area contributed by atoms with Crippen LogP contribution in [0.5, 0.6) is 0 Å². The number of carbonyl (C=O) groups is 1. The fraction of sp³-hybridized carbons (Fsp3) is 0.533. The third-order valence-corrected chi connectivity index (χ3v) is 3.38. The molecule has 0 saturated carbocycles. The maximum atomic E-state index is 13.0. The Morgan fingerprint density at radius 3 is 2.74 bits per heavy atom. The Bertz CT molecular complexity index is 421. The summed E-state index contributed by atoms with van der Waals surface area (Å²) in [5, 5.41) is 8.61. The van der Waals surface area contributed by atoms with Crippen LogP contribution in [0.4, 0.5) is 4.39 Å². The second-order valence-corrected chi connectivity index (χ2v) is 5.05. The van der Waals surface area contributed by atoms with Gasteiger partial charge in [0.2, 0.25) is 0 Å². The van der Waals surface area contributed by atoms with Gasteiger partial charge >= 0.3 is 5.97 Å². The lowest BCUT2D eigenvalue weighted by Gasteiger charge is -2.11. The molecule has 0 aliphatic carbocycles. The second-order valence-electron chi connectivity index (χ2n) is 5.05. The molecule has 0 amide bonds. The molecule has 4 heteroatoms. The lowest BCUT2D eigenvalue weighted by Crippen LogP contribution is -2.04. The van der Waals surface area contributed by atoms with Crippen LogP contribution in [-0.4, -0.2) is 11.1 Å². The van der Waals surface area contributed by atoms with E-state index in [-0.39, 0.29) is 12.2 Å². The fourth-order valence-electron chi connectivity index (χ4n) is 2.18. The predicted octanol–water partition coefficient (Wildman–Crippen LogP) is 3.11.